The van der Waals surface area contributed by atoms with E-state index in [1.165, 1.54) is 0 Å². The maximum absolute atomic E-state index is 12.2. The highest BCUT2D eigenvalue weighted by molar-refractivity contribution is 7.91. The van der Waals surface area contributed by atoms with E-state index in [1.54, 1.807) is 0 Å². The lowest BCUT2D eigenvalue weighted by atomic mass is 9.94. The van der Waals surface area contributed by atoms with Gasteiger partial charge in [-0.05, 0) is 43.7 Å². The molecule has 2 aliphatic rings. The van der Waals surface area contributed by atoms with Crippen molar-refractivity contribution in [3.8, 4) is 10.8 Å². The number of hydrogen-bond donors (Lipinski definition) is 3. The van der Waals surface area contributed by atoms with Gasteiger partial charge in [-0.15, -0.1) is 0 Å². The molecule has 156 valence electrons. The highest BCUT2D eigenvalue weighted by Crippen LogP contribution is 2.41. The van der Waals surface area contributed by atoms with E-state index >= 15 is 0 Å². The van der Waals surface area contributed by atoms with Crippen molar-refractivity contribution < 1.29 is 22.4 Å². The molecule has 1 saturated carbocycles. The van der Waals surface area contributed by atoms with Gasteiger partial charge >= 0.3 is 6.03 Å². The van der Waals surface area contributed by atoms with Crippen LogP contribution in [0.25, 0.3) is 21.7 Å². The second-order valence-electron chi connectivity index (χ2n) is 7.75. The highest BCUT2D eigenvalue weighted by Gasteiger charge is 2.51. The Morgan fingerprint density at radius 2 is 2.10 bits per heavy atom. The first-order valence-corrected chi connectivity index (χ1v) is 11.7. The number of aromatic nitrogens is 1. The number of amides is 3. The van der Waals surface area contributed by atoms with Crippen molar-refractivity contribution >= 4 is 44.3 Å². The molecule has 5 rings (SSSR count). The second kappa shape index (κ2) is 6.62. The van der Waals surface area contributed by atoms with Crippen LogP contribution in [-0.2, 0) is 21.2 Å². The van der Waals surface area contributed by atoms with Crippen LogP contribution in [0.4, 0.5) is 4.79 Å². The summed E-state index contributed by atoms with van der Waals surface area (Å²) in [5.74, 6) is 0.130. The van der Waals surface area contributed by atoms with Gasteiger partial charge in [-0.25, -0.2) is 23.3 Å². The van der Waals surface area contributed by atoms with Gasteiger partial charge < -0.3 is 9.73 Å². The number of fused-ring (bicyclic) bond motifs is 1. The molecule has 3 heterocycles. The van der Waals surface area contributed by atoms with Crippen LogP contribution in [-0.4, -0.2) is 30.9 Å². The van der Waals surface area contributed by atoms with Crippen LogP contribution in [0, 0.1) is 5.92 Å². The fourth-order valence-electron chi connectivity index (χ4n) is 4.32. The van der Waals surface area contributed by atoms with E-state index in [2.05, 4.69) is 15.6 Å². The Kier molecular flexibility index (Phi) is 4.24. The summed E-state index contributed by atoms with van der Waals surface area (Å²) in [5, 5.41) is 11.8. The van der Waals surface area contributed by atoms with Gasteiger partial charge in [0, 0.05) is 5.39 Å². The number of carbonyl (C=O) groups is 2. The third kappa shape index (κ3) is 3.18. The van der Waals surface area contributed by atoms with Crippen LogP contribution in [0.15, 0.2) is 39.0 Å². The molecule has 1 spiro atoms. The van der Waals surface area contributed by atoms with E-state index in [9.17, 15) is 18.0 Å². The van der Waals surface area contributed by atoms with E-state index in [1.807, 2.05) is 30.3 Å². The molecule has 1 aliphatic carbocycles. The number of imide groups is 1. The smallest absolute Gasteiger partial charge is 0.322 e. The number of hydrogen-bond acceptors (Lipinski definition) is 7. The number of urea groups is 1. The van der Waals surface area contributed by atoms with Crippen LogP contribution in [0.2, 0.25) is 0 Å². The number of sulfonamides is 1. The zero-order valence-electron chi connectivity index (χ0n) is 15.7. The molecule has 30 heavy (non-hydrogen) atoms. The molecule has 1 aliphatic heterocycles. The summed E-state index contributed by atoms with van der Waals surface area (Å²) in [4.78, 5) is 28.2. The standard InChI is InChI=1S/C19H18N4O5S2/c20-30(26,27)16-12(7-10-5-6-19(9-10)17(24)22-18(25)23-19)21-15(29-16)14-8-11-3-1-2-4-13(11)28-14/h1-4,8,10H,5-7,9H2,(H2,20,26,27)(H2,22,23,24,25). The maximum atomic E-state index is 12.2. The Labute approximate surface area is 175 Å². The first-order valence-electron chi connectivity index (χ1n) is 9.39. The van der Waals surface area contributed by atoms with E-state index in [-0.39, 0.29) is 16.0 Å². The fourth-order valence-corrected chi connectivity index (χ4v) is 6.26. The second-order valence-corrected chi connectivity index (χ2v) is 10.5. The number of para-hydroxylation sites is 1. The Morgan fingerprint density at radius 3 is 2.80 bits per heavy atom. The van der Waals surface area contributed by atoms with Gasteiger partial charge in [-0.1, -0.05) is 29.5 Å². The number of nitrogens with zero attached hydrogens (tertiary/aromatic N) is 1. The number of nitrogens with one attached hydrogen (secondary N) is 2. The Hall–Kier alpha value is -2.76. The SMILES string of the molecule is NS(=O)(=O)c1sc(-c2cc3ccccc3o2)nc1CC1CCC2(C1)NC(=O)NC2=O. The van der Waals surface area contributed by atoms with Gasteiger partial charge in [0.2, 0.25) is 10.0 Å². The molecule has 0 bridgehead atoms. The number of furan rings is 1. The summed E-state index contributed by atoms with van der Waals surface area (Å²) in [5.41, 5.74) is 0.132. The lowest BCUT2D eigenvalue weighted by Crippen LogP contribution is -2.44. The Bertz CT molecular complexity index is 1260. The molecule has 0 radical (unpaired) electrons. The minimum atomic E-state index is -3.97. The monoisotopic (exact) mass is 446 g/mol. The molecule has 2 unspecified atom stereocenters. The molecular formula is C19H18N4O5S2. The van der Waals surface area contributed by atoms with Crippen LogP contribution in [0.5, 0.6) is 0 Å². The van der Waals surface area contributed by atoms with Crippen LogP contribution < -0.4 is 15.8 Å². The first kappa shape index (κ1) is 19.2. The molecule has 4 N–H and O–H groups in total. The van der Waals surface area contributed by atoms with Crippen molar-refractivity contribution in [3.05, 3.63) is 36.0 Å². The molecule has 2 aromatic heterocycles. The number of nitrogens with two attached hydrogens (primary N) is 1. The Balaban J connectivity index is 1.46. The minimum absolute atomic E-state index is 0.00110. The molecule has 9 nitrogen and oxygen atoms in total. The minimum Gasteiger partial charge on any atom is -0.454 e. The van der Waals surface area contributed by atoms with E-state index in [0.29, 0.717) is 47.7 Å². The van der Waals surface area contributed by atoms with Crippen molar-refractivity contribution in [1.29, 1.82) is 0 Å². The average molecular weight is 447 g/mol. The summed E-state index contributed by atoms with van der Waals surface area (Å²) in [7, 11) is -3.97. The summed E-state index contributed by atoms with van der Waals surface area (Å²) >= 11 is 0.976. The molecule has 11 heteroatoms. The summed E-state index contributed by atoms with van der Waals surface area (Å²) < 4.78 is 30.2. The van der Waals surface area contributed by atoms with Crippen LogP contribution >= 0.6 is 11.3 Å². The normalized spacial score (nSPS) is 24.0. The van der Waals surface area contributed by atoms with Gasteiger partial charge in [-0.2, -0.15) is 0 Å². The van der Waals surface area contributed by atoms with Crippen molar-refractivity contribution in [3.63, 3.8) is 0 Å². The fraction of sp³-hybridized carbons (Fsp3) is 0.316. The zero-order valence-corrected chi connectivity index (χ0v) is 17.3. The molecule has 1 saturated heterocycles. The summed E-state index contributed by atoms with van der Waals surface area (Å²) in [6.45, 7) is 0. The third-order valence-corrected chi connectivity index (χ3v) is 8.28. The number of thiazole rings is 1. The van der Waals surface area contributed by atoms with Gasteiger partial charge in [0.05, 0.1) is 5.69 Å². The van der Waals surface area contributed by atoms with Gasteiger partial charge in [0.25, 0.3) is 5.91 Å². The quantitative estimate of drug-likeness (QED) is 0.524. The topological polar surface area (TPSA) is 144 Å². The van der Waals surface area contributed by atoms with Crippen LogP contribution in [0.1, 0.15) is 25.0 Å². The molecule has 3 aromatic rings. The molecule has 3 amide bonds. The van der Waals surface area contributed by atoms with Gasteiger partial charge in [-0.3, -0.25) is 10.1 Å². The van der Waals surface area contributed by atoms with Crippen molar-refractivity contribution in [2.75, 3.05) is 0 Å². The molecule has 2 atom stereocenters. The molecular weight excluding hydrogens is 428 g/mol. The number of benzene rings is 1. The molecule has 1 aromatic carbocycles. The predicted octanol–water partition coefficient (Wildman–Crippen LogP) is 2.12. The largest absolute Gasteiger partial charge is 0.454 e. The van der Waals surface area contributed by atoms with Crippen LogP contribution in [0.3, 0.4) is 0 Å². The number of carbonyl (C=O) groups excluding carboxylic acids is 2. The van der Waals surface area contributed by atoms with E-state index < -0.39 is 21.6 Å². The van der Waals surface area contributed by atoms with Gasteiger partial charge in [0.1, 0.15) is 11.1 Å². The highest BCUT2D eigenvalue weighted by atomic mass is 32.2. The van der Waals surface area contributed by atoms with Crippen molar-refractivity contribution in [2.45, 2.75) is 35.4 Å². The summed E-state index contributed by atoms with van der Waals surface area (Å²) in [6, 6.07) is 8.79. The molecule has 2 fully saturated rings. The van der Waals surface area contributed by atoms with Crippen molar-refractivity contribution in [2.24, 2.45) is 11.1 Å². The third-order valence-electron chi connectivity index (χ3n) is 5.67. The average Bonchev–Trinajstić information content (AvgIpc) is 3.41. The first-order chi connectivity index (χ1) is 14.2. The Morgan fingerprint density at radius 1 is 1.30 bits per heavy atom. The predicted molar refractivity (Wildman–Crippen MR) is 109 cm³/mol. The van der Waals surface area contributed by atoms with E-state index in [4.69, 9.17) is 9.56 Å². The van der Waals surface area contributed by atoms with Gasteiger partial charge in [0.15, 0.2) is 15.0 Å². The lowest BCUT2D eigenvalue weighted by Gasteiger charge is -2.19. The summed E-state index contributed by atoms with van der Waals surface area (Å²) in [6.07, 6.45) is 1.93. The number of rotatable bonds is 4. The zero-order chi connectivity index (χ0) is 21.1. The number of primary sulfonamides is 1. The van der Waals surface area contributed by atoms with E-state index in [0.717, 1.165) is 16.7 Å². The lowest BCUT2D eigenvalue weighted by molar-refractivity contribution is -0.123. The van der Waals surface area contributed by atoms with Crippen molar-refractivity contribution in [1.82, 2.24) is 15.6 Å². The maximum Gasteiger partial charge on any atom is 0.322 e.